The van der Waals surface area contributed by atoms with Crippen LogP contribution in [-0.4, -0.2) is 44.0 Å². The molecule has 1 aliphatic carbocycles. The second kappa shape index (κ2) is 8.77. The number of aromatic nitrogens is 1. The van der Waals surface area contributed by atoms with E-state index < -0.39 is 9.84 Å². The Morgan fingerprint density at radius 3 is 2.53 bits per heavy atom. The number of rotatable bonds is 5. The number of hydrogen-bond donors (Lipinski definition) is 3. The summed E-state index contributed by atoms with van der Waals surface area (Å²) in [7, 11) is -2.06. The van der Waals surface area contributed by atoms with Gasteiger partial charge in [0.1, 0.15) is 4.90 Å². The quantitative estimate of drug-likeness (QED) is 0.502. The van der Waals surface area contributed by atoms with Crippen molar-refractivity contribution >= 4 is 38.0 Å². The van der Waals surface area contributed by atoms with Gasteiger partial charge in [-0.25, -0.2) is 8.42 Å². The number of fused-ring (bicyclic) bond motifs is 1. The van der Waals surface area contributed by atoms with E-state index in [0.717, 1.165) is 36.8 Å². The average Bonchev–Trinajstić information content (AvgIpc) is 2.76. The second-order valence-corrected chi connectivity index (χ2v) is 10.7. The fourth-order valence-electron chi connectivity index (χ4n) is 4.15. The van der Waals surface area contributed by atoms with Crippen LogP contribution in [0.5, 0.6) is 11.5 Å². The minimum Gasteiger partial charge on any atom is -0.503 e. The number of anilines is 1. The van der Waals surface area contributed by atoms with Gasteiger partial charge in [-0.15, -0.1) is 0 Å². The molecule has 4 N–H and O–H groups in total. The molecule has 4 rings (SSSR count). The van der Waals surface area contributed by atoms with Crippen molar-refractivity contribution in [3.8, 4) is 22.6 Å². The molecule has 170 valence electrons. The lowest BCUT2D eigenvalue weighted by molar-refractivity contribution is 0.374. The Morgan fingerprint density at radius 1 is 1.16 bits per heavy atom. The SMILES string of the molecule is COc1cc(-c2ccc3ncc(S(C)(=O)=O)c(NC4CCC(N)CC4)c3c2)cc(Cl)c1O. The first-order chi connectivity index (χ1) is 15.2. The highest BCUT2D eigenvalue weighted by atomic mass is 35.5. The first-order valence-corrected chi connectivity index (χ1v) is 12.7. The van der Waals surface area contributed by atoms with Crippen LogP contribution in [0.1, 0.15) is 25.7 Å². The number of nitrogens with two attached hydrogens (primary N) is 1. The molecule has 0 radical (unpaired) electrons. The number of halogens is 1. The lowest BCUT2D eigenvalue weighted by Crippen LogP contribution is -2.33. The van der Waals surface area contributed by atoms with Crippen LogP contribution in [0.2, 0.25) is 5.02 Å². The standard InChI is InChI=1S/C23H26ClN3O4S/c1-31-20-11-14(10-18(24)23(20)28)13-3-8-19-17(9-13)22(21(12-26-19)32(2,29)30)27-16-6-4-15(25)5-7-16/h3,8-12,15-16,28H,4-7,25H2,1-2H3,(H,26,27). The summed E-state index contributed by atoms with van der Waals surface area (Å²) in [6.45, 7) is 0. The van der Waals surface area contributed by atoms with E-state index >= 15 is 0 Å². The third-order valence-corrected chi connectivity index (χ3v) is 7.33. The van der Waals surface area contributed by atoms with E-state index in [-0.39, 0.29) is 33.5 Å². The number of pyridine rings is 1. The van der Waals surface area contributed by atoms with Gasteiger partial charge < -0.3 is 20.9 Å². The molecule has 0 aliphatic heterocycles. The number of phenolic OH excluding ortho intramolecular Hbond substituents is 1. The monoisotopic (exact) mass is 475 g/mol. The van der Waals surface area contributed by atoms with Crippen molar-refractivity contribution in [3.05, 3.63) is 41.6 Å². The fourth-order valence-corrected chi connectivity index (χ4v) is 5.14. The number of methoxy groups -OCH3 is 1. The summed E-state index contributed by atoms with van der Waals surface area (Å²) < 4.78 is 30.3. The Balaban J connectivity index is 1.87. The van der Waals surface area contributed by atoms with E-state index in [4.69, 9.17) is 22.1 Å². The lowest BCUT2D eigenvalue weighted by Gasteiger charge is -2.28. The van der Waals surface area contributed by atoms with Crippen LogP contribution in [0.25, 0.3) is 22.0 Å². The number of aromatic hydroxyl groups is 1. The van der Waals surface area contributed by atoms with Crippen LogP contribution in [0.15, 0.2) is 41.4 Å². The second-order valence-electron chi connectivity index (χ2n) is 8.27. The van der Waals surface area contributed by atoms with Crippen LogP contribution in [0, 0.1) is 0 Å². The Labute approximate surface area is 192 Å². The topological polar surface area (TPSA) is 115 Å². The normalized spacial score (nSPS) is 19.1. The van der Waals surface area contributed by atoms with Crippen LogP contribution in [-0.2, 0) is 9.84 Å². The van der Waals surface area contributed by atoms with E-state index in [9.17, 15) is 13.5 Å². The summed E-state index contributed by atoms with van der Waals surface area (Å²) in [6.07, 6.45) is 6.14. The van der Waals surface area contributed by atoms with Gasteiger partial charge in [0, 0.05) is 29.9 Å². The Morgan fingerprint density at radius 2 is 1.88 bits per heavy atom. The van der Waals surface area contributed by atoms with Crippen molar-refractivity contribution in [2.24, 2.45) is 5.73 Å². The molecule has 3 aromatic rings. The summed E-state index contributed by atoms with van der Waals surface area (Å²) in [5.41, 5.74) is 8.78. The molecule has 0 atom stereocenters. The van der Waals surface area contributed by atoms with Crippen molar-refractivity contribution in [1.29, 1.82) is 0 Å². The van der Waals surface area contributed by atoms with E-state index in [2.05, 4.69) is 10.3 Å². The Kier molecular flexibility index (Phi) is 6.20. The molecule has 0 unspecified atom stereocenters. The maximum absolute atomic E-state index is 12.5. The number of ether oxygens (including phenoxy) is 1. The molecule has 2 aromatic carbocycles. The number of nitrogens with zero attached hydrogens (tertiary/aromatic N) is 1. The Bertz CT molecular complexity index is 1270. The third kappa shape index (κ3) is 4.48. The maximum Gasteiger partial charge on any atom is 0.179 e. The summed E-state index contributed by atoms with van der Waals surface area (Å²) in [4.78, 5) is 4.55. The fraction of sp³-hybridized carbons (Fsp3) is 0.348. The molecule has 32 heavy (non-hydrogen) atoms. The molecule has 1 fully saturated rings. The van der Waals surface area contributed by atoms with E-state index in [1.807, 2.05) is 18.2 Å². The highest BCUT2D eigenvalue weighted by Crippen LogP contribution is 2.40. The van der Waals surface area contributed by atoms with Gasteiger partial charge in [0.25, 0.3) is 0 Å². The molecule has 1 saturated carbocycles. The number of hydrogen-bond acceptors (Lipinski definition) is 7. The van der Waals surface area contributed by atoms with Gasteiger partial charge in [0.15, 0.2) is 21.3 Å². The van der Waals surface area contributed by atoms with Gasteiger partial charge >= 0.3 is 0 Å². The smallest absolute Gasteiger partial charge is 0.179 e. The van der Waals surface area contributed by atoms with Crippen molar-refractivity contribution in [3.63, 3.8) is 0 Å². The molecule has 7 nitrogen and oxygen atoms in total. The molecule has 9 heteroatoms. The van der Waals surface area contributed by atoms with E-state index in [1.165, 1.54) is 19.6 Å². The number of benzene rings is 2. The predicted octanol–water partition coefficient (Wildman–Crippen LogP) is 4.35. The highest BCUT2D eigenvalue weighted by Gasteiger charge is 2.23. The first kappa shape index (κ1) is 22.6. The number of nitrogens with one attached hydrogen (secondary N) is 1. The van der Waals surface area contributed by atoms with Gasteiger partial charge in [-0.1, -0.05) is 17.7 Å². The lowest BCUT2D eigenvalue weighted by atomic mass is 9.91. The first-order valence-electron chi connectivity index (χ1n) is 10.4. The molecular formula is C23H26ClN3O4S. The van der Waals surface area contributed by atoms with Crippen LogP contribution in [0.3, 0.4) is 0 Å². The molecule has 1 aliphatic rings. The molecule has 0 saturated heterocycles. The predicted molar refractivity (Wildman–Crippen MR) is 127 cm³/mol. The average molecular weight is 476 g/mol. The Hall–Kier alpha value is -2.55. The number of sulfone groups is 1. The highest BCUT2D eigenvalue weighted by molar-refractivity contribution is 7.90. The van der Waals surface area contributed by atoms with Gasteiger partial charge in [-0.2, -0.15) is 0 Å². The molecule has 0 amide bonds. The summed E-state index contributed by atoms with van der Waals surface area (Å²) in [5.74, 6) is 0.130. The van der Waals surface area contributed by atoms with E-state index in [1.54, 1.807) is 12.1 Å². The maximum atomic E-state index is 12.5. The molecular weight excluding hydrogens is 450 g/mol. The zero-order chi connectivity index (χ0) is 23.0. The van der Waals surface area contributed by atoms with Crippen molar-refractivity contribution in [2.75, 3.05) is 18.7 Å². The van der Waals surface area contributed by atoms with Crippen molar-refractivity contribution < 1.29 is 18.3 Å². The minimum atomic E-state index is -3.51. The van der Waals surface area contributed by atoms with Gasteiger partial charge in [-0.3, -0.25) is 4.98 Å². The van der Waals surface area contributed by atoms with Gasteiger partial charge in [0.05, 0.1) is 23.3 Å². The molecule has 1 heterocycles. The zero-order valence-electron chi connectivity index (χ0n) is 17.9. The number of phenols is 1. The minimum absolute atomic E-state index is 0.127. The van der Waals surface area contributed by atoms with Crippen LogP contribution in [0.4, 0.5) is 5.69 Å². The molecule has 0 bridgehead atoms. The molecule has 0 spiro atoms. The molecule has 1 aromatic heterocycles. The summed E-state index contributed by atoms with van der Waals surface area (Å²) >= 11 is 6.18. The van der Waals surface area contributed by atoms with Crippen LogP contribution >= 0.6 is 11.6 Å². The van der Waals surface area contributed by atoms with Gasteiger partial charge in [-0.05, 0) is 61.1 Å². The summed E-state index contributed by atoms with van der Waals surface area (Å²) in [5, 5.41) is 14.4. The summed E-state index contributed by atoms with van der Waals surface area (Å²) in [6, 6.07) is 9.25. The van der Waals surface area contributed by atoms with Crippen molar-refractivity contribution in [1.82, 2.24) is 4.98 Å². The van der Waals surface area contributed by atoms with Gasteiger partial charge in [0.2, 0.25) is 0 Å². The van der Waals surface area contributed by atoms with Crippen LogP contribution < -0.4 is 15.8 Å². The largest absolute Gasteiger partial charge is 0.503 e. The zero-order valence-corrected chi connectivity index (χ0v) is 19.5. The van der Waals surface area contributed by atoms with Crippen molar-refractivity contribution in [2.45, 2.75) is 42.7 Å². The van der Waals surface area contributed by atoms with E-state index in [0.29, 0.717) is 16.6 Å². The third-order valence-electron chi connectivity index (χ3n) is 5.93.